The molecule has 0 amide bonds. The van der Waals surface area contributed by atoms with E-state index in [9.17, 15) is 0 Å². The first kappa shape index (κ1) is 13.0. The van der Waals surface area contributed by atoms with Crippen molar-refractivity contribution in [3.63, 3.8) is 0 Å². The standard InChI is InChI=1S/C14H29N/c1-3-4-5-6-7-8-9-10-14-12-11-13(2)15-14/h13-15H,3-12H2,1-2H3/t13-,14-/m1/s1. The molecule has 1 saturated heterocycles. The molecule has 1 rings (SSSR count). The maximum absolute atomic E-state index is 3.67. The molecule has 0 spiro atoms. The van der Waals surface area contributed by atoms with E-state index < -0.39 is 0 Å². The van der Waals surface area contributed by atoms with Crippen LogP contribution in [0.3, 0.4) is 0 Å². The lowest BCUT2D eigenvalue weighted by Gasteiger charge is -2.11. The molecule has 1 aliphatic heterocycles. The van der Waals surface area contributed by atoms with Crippen LogP contribution in [-0.2, 0) is 0 Å². The van der Waals surface area contributed by atoms with Crippen molar-refractivity contribution in [1.29, 1.82) is 0 Å². The van der Waals surface area contributed by atoms with Crippen molar-refractivity contribution in [2.75, 3.05) is 0 Å². The van der Waals surface area contributed by atoms with Gasteiger partial charge in [0.1, 0.15) is 0 Å². The van der Waals surface area contributed by atoms with E-state index >= 15 is 0 Å². The Morgan fingerprint density at radius 1 is 0.933 bits per heavy atom. The molecule has 1 fully saturated rings. The average Bonchev–Trinajstić information content (AvgIpc) is 2.63. The third kappa shape index (κ3) is 6.19. The van der Waals surface area contributed by atoms with Gasteiger partial charge in [0.2, 0.25) is 0 Å². The second kappa shape index (κ2) is 8.15. The molecule has 1 nitrogen and oxygen atoms in total. The van der Waals surface area contributed by atoms with Crippen LogP contribution in [0.2, 0.25) is 0 Å². The molecule has 90 valence electrons. The molecule has 2 atom stereocenters. The van der Waals surface area contributed by atoms with Crippen LogP contribution >= 0.6 is 0 Å². The van der Waals surface area contributed by atoms with Crippen LogP contribution in [0.25, 0.3) is 0 Å². The summed E-state index contributed by atoms with van der Waals surface area (Å²) in [5, 5.41) is 3.67. The highest BCUT2D eigenvalue weighted by atomic mass is 15.0. The highest BCUT2D eigenvalue weighted by Crippen LogP contribution is 2.17. The van der Waals surface area contributed by atoms with Gasteiger partial charge in [-0.3, -0.25) is 0 Å². The zero-order valence-corrected chi connectivity index (χ0v) is 10.7. The molecule has 1 heterocycles. The van der Waals surface area contributed by atoms with Crippen molar-refractivity contribution >= 4 is 0 Å². The first-order chi connectivity index (χ1) is 7.33. The maximum atomic E-state index is 3.67. The predicted octanol–water partition coefficient (Wildman–Crippen LogP) is 4.27. The average molecular weight is 211 g/mol. The molecule has 0 aliphatic carbocycles. The molecule has 0 radical (unpaired) electrons. The van der Waals surface area contributed by atoms with E-state index in [1.54, 1.807) is 0 Å². The summed E-state index contributed by atoms with van der Waals surface area (Å²) in [6.07, 6.45) is 14.3. The second-order valence-corrected chi connectivity index (χ2v) is 5.25. The molecule has 0 aromatic carbocycles. The highest BCUT2D eigenvalue weighted by Gasteiger charge is 2.18. The fraction of sp³-hybridized carbons (Fsp3) is 1.00. The Kier molecular flexibility index (Phi) is 7.08. The van der Waals surface area contributed by atoms with Crippen LogP contribution in [0.4, 0.5) is 0 Å². The molecule has 15 heavy (non-hydrogen) atoms. The first-order valence-corrected chi connectivity index (χ1v) is 7.09. The van der Waals surface area contributed by atoms with Crippen molar-refractivity contribution in [2.45, 2.75) is 90.1 Å². The summed E-state index contributed by atoms with van der Waals surface area (Å²) in [5.74, 6) is 0. The van der Waals surface area contributed by atoms with Crippen LogP contribution in [0.5, 0.6) is 0 Å². The van der Waals surface area contributed by atoms with E-state index in [1.165, 1.54) is 64.2 Å². The number of rotatable bonds is 8. The molecule has 0 aromatic heterocycles. The Morgan fingerprint density at radius 2 is 1.60 bits per heavy atom. The largest absolute Gasteiger partial charge is 0.312 e. The molecular weight excluding hydrogens is 182 g/mol. The van der Waals surface area contributed by atoms with Gasteiger partial charge in [-0.2, -0.15) is 0 Å². The minimum absolute atomic E-state index is 0.777. The van der Waals surface area contributed by atoms with Gasteiger partial charge in [0, 0.05) is 12.1 Å². The third-order valence-electron chi connectivity index (χ3n) is 3.62. The minimum atomic E-state index is 0.777. The van der Waals surface area contributed by atoms with E-state index in [2.05, 4.69) is 19.2 Å². The minimum Gasteiger partial charge on any atom is -0.312 e. The molecule has 0 aromatic rings. The predicted molar refractivity (Wildman–Crippen MR) is 68.2 cm³/mol. The highest BCUT2D eigenvalue weighted by molar-refractivity contribution is 4.80. The summed E-state index contributed by atoms with van der Waals surface area (Å²) >= 11 is 0. The van der Waals surface area contributed by atoms with Crippen LogP contribution in [-0.4, -0.2) is 12.1 Å². The van der Waals surface area contributed by atoms with E-state index in [1.807, 2.05) is 0 Å². The van der Waals surface area contributed by atoms with Crippen molar-refractivity contribution < 1.29 is 0 Å². The molecule has 0 bridgehead atoms. The van der Waals surface area contributed by atoms with Crippen LogP contribution in [0.15, 0.2) is 0 Å². The molecule has 1 aliphatic rings. The zero-order valence-electron chi connectivity index (χ0n) is 10.7. The number of nitrogens with one attached hydrogen (secondary N) is 1. The summed E-state index contributed by atoms with van der Waals surface area (Å²) in [6, 6.07) is 1.62. The van der Waals surface area contributed by atoms with Gasteiger partial charge in [-0.15, -0.1) is 0 Å². The van der Waals surface area contributed by atoms with E-state index in [0.717, 1.165) is 12.1 Å². The summed E-state index contributed by atoms with van der Waals surface area (Å²) in [7, 11) is 0. The van der Waals surface area contributed by atoms with Crippen molar-refractivity contribution in [3.05, 3.63) is 0 Å². The SMILES string of the molecule is CCCCCCCCC[C@@H]1CC[C@@H](C)N1. The molecular formula is C14H29N. The van der Waals surface area contributed by atoms with Gasteiger partial charge in [0.15, 0.2) is 0 Å². The zero-order chi connectivity index (χ0) is 10.9. The Morgan fingerprint density at radius 3 is 2.20 bits per heavy atom. The van der Waals surface area contributed by atoms with Gasteiger partial charge in [0.25, 0.3) is 0 Å². The quantitative estimate of drug-likeness (QED) is 0.591. The lowest BCUT2D eigenvalue weighted by Crippen LogP contribution is -2.26. The van der Waals surface area contributed by atoms with E-state index in [4.69, 9.17) is 0 Å². The smallest absolute Gasteiger partial charge is 0.00701 e. The van der Waals surface area contributed by atoms with Crippen molar-refractivity contribution in [2.24, 2.45) is 0 Å². The number of hydrogen-bond acceptors (Lipinski definition) is 1. The van der Waals surface area contributed by atoms with E-state index in [0.29, 0.717) is 0 Å². The normalized spacial score (nSPS) is 26.0. The van der Waals surface area contributed by atoms with Gasteiger partial charge in [-0.05, 0) is 26.2 Å². The van der Waals surface area contributed by atoms with Crippen molar-refractivity contribution in [1.82, 2.24) is 5.32 Å². The van der Waals surface area contributed by atoms with E-state index in [-0.39, 0.29) is 0 Å². The number of hydrogen-bond donors (Lipinski definition) is 1. The summed E-state index contributed by atoms with van der Waals surface area (Å²) in [5.41, 5.74) is 0. The first-order valence-electron chi connectivity index (χ1n) is 7.09. The topological polar surface area (TPSA) is 12.0 Å². The molecule has 0 unspecified atom stereocenters. The van der Waals surface area contributed by atoms with Gasteiger partial charge in [-0.1, -0.05) is 51.9 Å². The monoisotopic (exact) mass is 211 g/mol. The molecule has 1 heteroatoms. The Labute approximate surface area is 96.0 Å². The van der Waals surface area contributed by atoms with Crippen LogP contribution in [0.1, 0.15) is 78.1 Å². The third-order valence-corrected chi connectivity index (χ3v) is 3.62. The molecule has 1 N–H and O–H groups in total. The Bertz CT molecular complexity index is 144. The fourth-order valence-electron chi connectivity index (χ4n) is 2.60. The van der Waals surface area contributed by atoms with Gasteiger partial charge < -0.3 is 5.32 Å². The van der Waals surface area contributed by atoms with Crippen molar-refractivity contribution in [3.8, 4) is 0 Å². The van der Waals surface area contributed by atoms with Gasteiger partial charge in [0.05, 0.1) is 0 Å². The molecule has 0 saturated carbocycles. The summed E-state index contributed by atoms with van der Waals surface area (Å²) < 4.78 is 0. The summed E-state index contributed by atoms with van der Waals surface area (Å²) in [6.45, 7) is 4.59. The Balaban J connectivity index is 1.81. The van der Waals surface area contributed by atoms with Crippen LogP contribution in [0, 0.1) is 0 Å². The Hall–Kier alpha value is -0.0400. The van der Waals surface area contributed by atoms with Gasteiger partial charge in [-0.25, -0.2) is 0 Å². The number of unbranched alkanes of at least 4 members (excludes halogenated alkanes) is 6. The second-order valence-electron chi connectivity index (χ2n) is 5.25. The maximum Gasteiger partial charge on any atom is 0.00701 e. The lowest BCUT2D eigenvalue weighted by atomic mass is 10.0. The van der Waals surface area contributed by atoms with Crippen LogP contribution < -0.4 is 5.32 Å². The lowest BCUT2D eigenvalue weighted by molar-refractivity contribution is 0.486. The fourth-order valence-corrected chi connectivity index (χ4v) is 2.60. The van der Waals surface area contributed by atoms with Gasteiger partial charge >= 0.3 is 0 Å². The summed E-state index contributed by atoms with van der Waals surface area (Å²) in [4.78, 5) is 0.